The van der Waals surface area contributed by atoms with Gasteiger partial charge < -0.3 is 16.4 Å². The minimum absolute atomic E-state index is 0.262. The number of amides is 1. The van der Waals surface area contributed by atoms with Gasteiger partial charge in [0.15, 0.2) is 0 Å². The van der Waals surface area contributed by atoms with Gasteiger partial charge in [-0.05, 0) is 18.8 Å². The molecule has 0 saturated heterocycles. The van der Waals surface area contributed by atoms with E-state index in [1.807, 2.05) is 6.07 Å². The number of nitrogens with two attached hydrogens (primary N) is 1. The average Bonchev–Trinajstić information content (AvgIpc) is 2.70. The van der Waals surface area contributed by atoms with Crippen molar-refractivity contribution in [3.63, 3.8) is 0 Å². The van der Waals surface area contributed by atoms with Gasteiger partial charge in [0.1, 0.15) is 15.9 Å². The number of hydrogen-bond donors (Lipinski definition) is 3. The van der Waals surface area contributed by atoms with E-state index in [0.29, 0.717) is 21.4 Å². The summed E-state index contributed by atoms with van der Waals surface area (Å²) in [5.74, 6) is 0.393. The fourth-order valence-electron chi connectivity index (χ4n) is 1.71. The van der Waals surface area contributed by atoms with Gasteiger partial charge in [0.25, 0.3) is 5.91 Å². The van der Waals surface area contributed by atoms with E-state index in [-0.39, 0.29) is 11.6 Å². The molecule has 1 heterocycles. The fourth-order valence-corrected chi connectivity index (χ4v) is 2.65. The molecule has 4 N–H and O–H groups in total. The van der Waals surface area contributed by atoms with E-state index in [1.165, 1.54) is 11.3 Å². The van der Waals surface area contributed by atoms with Crippen molar-refractivity contribution in [2.24, 2.45) is 5.92 Å². The molecule has 1 amide bonds. The molecule has 0 fully saturated rings. The average molecular weight is 280 g/mol. The third kappa shape index (κ3) is 3.86. The fraction of sp³-hybridized carbons (Fsp3) is 0.538. The molecule has 1 rings (SSSR count). The minimum Gasteiger partial charge on any atom is -0.396 e. The summed E-state index contributed by atoms with van der Waals surface area (Å²) in [6.45, 7) is 5.12. The zero-order valence-corrected chi connectivity index (χ0v) is 12.4. The molecule has 0 aromatic carbocycles. The Kier molecular flexibility index (Phi) is 5.64. The van der Waals surface area contributed by atoms with E-state index >= 15 is 0 Å². The normalized spacial score (nSPS) is 10.3. The first-order valence-corrected chi connectivity index (χ1v) is 7.11. The van der Waals surface area contributed by atoms with Crippen LogP contribution >= 0.6 is 11.3 Å². The summed E-state index contributed by atoms with van der Waals surface area (Å²) >= 11 is 1.23. The molecule has 0 aliphatic rings. The van der Waals surface area contributed by atoms with Crippen LogP contribution in [-0.4, -0.2) is 19.5 Å². The monoisotopic (exact) mass is 280 g/mol. The topological polar surface area (TPSA) is 90.9 Å². The molecule has 5 nitrogen and oxygen atoms in total. The van der Waals surface area contributed by atoms with Gasteiger partial charge in [0.05, 0.1) is 11.3 Å². The van der Waals surface area contributed by atoms with Gasteiger partial charge >= 0.3 is 0 Å². The number of carbonyl (C=O) groups is 1. The van der Waals surface area contributed by atoms with E-state index in [9.17, 15) is 4.79 Å². The lowest BCUT2D eigenvalue weighted by Crippen LogP contribution is -2.20. The van der Waals surface area contributed by atoms with Crippen LogP contribution in [-0.2, 0) is 0 Å². The molecule has 104 valence electrons. The van der Waals surface area contributed by atoms with Crippen molar-refractivity contribution in [3.8, 4) is 6.07 Å². The van der Waals surface area contributed by atoms with E-state index < -0.39 is 0 Å². The SMILES string of the molecule is CNC(=O)c1c(NCCCC(C)C)sc(C#N)c1N. The van der Waals surface area contributed by atoms with Crippen LogP contribution in [0.4, 0.5) is 10.7 Å². The number of nitrogens with zero attached hydrogens (tertiary/aromatic N) is 1. The maximum Gasteiger partial charge on any atom is 0.256 e. The molecule has 1 aromatic heterocycles. The first kappa shape index (κ1) is 15.3. The van der Waals surface area contributed by atoms with Gasteiger partial charge in [0.2, 0.25) is 0 Å². The van der Waals surface area contributed by atoms with Crippen molar-refractivity contribution < 1.29 is 4.79 Å². The molecule has 1 aromatic rings. The minimum atomic E-state index is -0.262. The number of carbonyl (C=O) groups excluding carboxylic acids is 1. The number of nitrogens with one attached hydrogen (secondary N) is 2. The van der Waals surface area contributed by atoms with Crippen molar-refractivity contribution in [3.05, 3.63) is 10.4 Å². The van der Waals surface area contributed by atoms with Crippen molar-refractivity contribution >= 4 is 27.9 Å². The maximum atomic E-state index is 11.8. The summed E-state index contributed by atoms with van der Waals surface area (Å²) in [6.07, 6.45) is 2.14. The first-order chi connectivity index (χ1) is 9.01. The molecule has 0 aliphatic carbocycles. The van der Waals surface area contributed by atoms with Gasteiger partial charge in [0, 0.05) is 13.6 Å². The molecule has 0 radical (unpaired) electrons. The summed E-state index contributed by atoms with van der Waals surface area (Å²) in [4.78, 5) is 12.2. The van der Waals surface area contributed by atoms with Crippen LogP contribution in [0.1, 0.15) is 41.9 Å². The molecule has 0 bridgehead atoms. The molecule has 0 atom stereocenters. The second-order valence-corrected chi connectivity index (χ2v) is 5.72. The van der Waals surface area contributed by atoms with Gasteiger partial charge in [-0.3, -0.25) is 4.79 Å². The smallest absolute Gasteiger partial charge is 0.256 e. The first-order valence-electron chi connectivity index (χ1n) is 6.29. The van der Waals surface area contributed by atoms with Crippen LogP contribution < -0.4 is 16.4 Å². The Balaban J connectivity index is 2.82. The van der Waals surface area contributed by atoms with Gasteiger partial charge in [-0.15, -0.1) is 11.3 Å². The second kappa shape index (κ2) is 7.00. The summed E-state index contributed by atoms with van der Waals surface area (Å²) in [5.41, 5.74) is 6.48. The summed E-state index contributed by atoms with van der Waals surface area (Å²) in [7, 11) is 1.55. The highest BCUT2D eigenvalue weighted by molar-refractivity contribution is 7.17. The van der Waals surface area contributed by atoms with Gasteiger partial charge in [-0.25, -0.2) is 0 Å². The predicted octanol–water partition coefficient (Wildman–Crippen LogP) is 2.41. The molecular formula is C13H20N4OS. The van der Waals surface area contributed by atoms with Crippen LogP contribution in [0.15, 0.2) is 0 Å². The van der Waals surface area contributed by atoms with Crippen LogP contribution in [0.25, 0.3) is 0 Å². The van der Waals surface area contributed by atoms with Crippen LogP contribution in [0.2, 0.25) is 0 Å². The van der Waals surface area contributed by atoms with Crippen molar-refractivity contribution in [2.45, 2.75) is 26.7 Å². The Hall–Kier alpha value is -1.74. The third-order valence-corrected chi connectivity index (χ3v) is 3.81. The van der Waals surface area contributed by atoms with E-state index in [0.717, 1.165) is 19.4 Å². The third-order valence-electron chi connectivity index (χ3n) is 2.74. The number of hydrogen-bond acceptors (Lipinski definition) is 5. The summed E-state index contributed by atoms with van der Waals surface area (Å²) in [5, 5.41) is 15.4. The summed E-state index contributed by atoms with van der Waals surface area (Å²) < 4.78 is 0. The lowest BCUT2D eigenvalue weighted by atomic mass is 10.1. The van der Waals surface area contributed by atoms with E-state index in [1.54, 1.807) is 7.05 Å². The Labute approximate surface area is 117 Å². The molecular weight excluding hydrogens is 260 g/mol. The number of nitrogen functional groups attached to an aromatic ring is 1. The zero-order valence-electron chi connectivity index (χ0n) is 11.5. The Morgan fingerprint density at radius 2 is 2.21 bits per heavy atom. The maximum absolute atomic E-state index is 11.8. The highest BCUT2D eigenvalue weighted by Gasteiger charge is 2.20. The Bertz CT molecular complexity index is 488. The largest absolute Gasteiger partial charge is 0.396 e. The van der Waals surface area contributed by atoms with Crippen molar-refractivity contribution in [1.29, 1.82) is 5.26 Å². The van der Waals surface area contributed by atoms with Gasteiger partial charge in [-0.1, -0.05) is 13.8 Å². The molecule has 0 unspecified atom stereocenters. The second-order valence-electron chi connectivity index (χ2n) is 4.70. The predicted molar refractivity (Wildman–Crippen MR) is 79.4 cm³/mol. The number of nitriles is 1. The highest BCUT2D eigenvalue weighted by Crippen LogP contribution is 2.35. The highest BCUT2D eigenvalue weighted by atomic mass is 32.1. The summed E-state index contributed by atoms with van der Waals surface area (Å²) in [6, 6.07) is 2.02. The molecule has 0 spiro atoms. The van der Waals surface area contributed by atoms with E-state index in [2.05, 4.69) is 24.5 Å². The number of anilines is 2. The molecule has 0 saturated carbocycles. The zero-order chi connectivity index (χ0) is 14.4. The van der Waals surface area contributed by atoms with Crippen LogP contribution in [0.5, 0.6) is 0 Å². The molecule has 19 heavy (non-hydrogen) atoms. The van der Waals surface area contributed by atoms with Crippen LogP contribution in [0, 0.1) is 17.2 Å². The molecule has 6 heteroatoms. The van der Waals surface area contributed by atoms with Crippen molar-refractivity contribution in [2.75, 3.05) is 24.6 Å². The van der Waals surface area contributed by atoms with Crippen LogP contribution in [0.3, 0.4) is 0 Å². The number of thiophene rings is 1. The van der Waals surface area contributed by atoms with Gasteiger partial charge in [-0.2, -0.15) is 5.26 Å². The standard InChI is InChI=1S/C13H20N4OS/c1-8(2)5-4-6-17-13-10(12(18)16-3)11(15)9(7-14)19-13/h8,17H,4-6,15H2,1-3H3,(H,16,18). The van der Waals surface area contributed by atoms with E-state index in [4.69, 9.17) is 11.0 Å². The lowest BCUT2D eigenvalue weighted by Gasteiger charge is -2.08. The Morgan fingerprint density at radius 1 is 1.53 bits per heavy atom. The van der Waals surface area contributed by atoms with Crippen molar-refractivity contribution in [1.82, 2.24) is 5.32 Å². The number of rotatable bonds is 6. The molecule has 0 aliphatic heterocycles. The Morgan fingerprint density at radius 3 is 2.74 bits per heavy atom. The lowest BCUT2D eigenvalue weighted by molar-refractivity contribution is 0.0965. The quantitative estimate of drug-likeness (QED) is 0.698.